The lowest BCUT2D eigenvalue weighted by Crippen LogP contribution is -2.28. The summed E-state index contributed by atoms with van der Waals surface area (Å²) in [6, 6.07) is 1.57. The van der Waals surface area contributed by atoms with Gasteiger partial charge in [-0.15, -0.1) is 0 Å². The van der Waals surface area contributed by atoms with Gasteiger partial charge in [0, 0.05) is 11.1 Å². The van der Waals surface area contributed by atoms with E-state index in [-0.39, 0.29) is 32.0 Å². The van der Waals surface area contributed by atoms with Gasteiger partial charge in [-0.1, -0.05) is 28.4 Å². The van der Waals surface area contributed by atoms with E-state index in [1.807, 2.05) is 0 Å². The Morgan fingerprint density at radius 2 is 1.91 bits per heavy atom. The Labute approximate surface area is 137 Å². The Hall–Kier alpha value is -1.15. The zero-order chi connectivity index (χ0) is 16.7. The molecule has 0 fully saturated rings. The van der Waals surface area contributed by atoms with Crippen LogP contribution in [0.1, 0.15) is 30.0 Å². The molecule has 0 spiro atoms. The number of aromatic nitrogens is 1. The molecule has 0 aliphatic heterocycles. The molecule has 0 radical (unpaired) electrons. The van der Waals surface area contributed by atoms with Crippen molar-refractivity contribution in [1.82, 2.24) is 9.88 Å². The molecule has 1 N–H and O–H groups in total. The Morgan fingerprint density at radius 1 is 1.27 bits per heavy atom. The van der Waals surface area contributed by atoms with Crippen LogP contribution in [0.15, 0.2) is 21.6 Å². The van der Waals surface area contributed by atoms with Crippen LogP contribution in [0.2, 0.25) is 10.0 Å². The van der Waals surface area contributed by atoms with Gasteiger partial charge in [0.25, 0.3) is 0 Å². The fourth-order valence-electron chi connectivity index (χ4n) is 2.08. The SMILES string of the molecule is Cc1noc(C)c1S(=O)(=O)N[C@H](C)c1cc(F)c(Cl)cc1Cl. The van der Waals surface area contributed by atoms with E-state index in [0.717, 1.165) is 6.07 Å². The molecule has 1 aromatic carbocycles. The summed E-state index contributed by atoms with van der Waals surface area (Å²) >= 11 is 11.6. The number of rotatable bonds is 4. The third kappa shape index (κ3) is 3.27. The first-order valence-corrected chi connectivity index (χ1v) is 8.47. The number of hydrogen-bond donors (Lipinski definition) is 1. The van der Waals surface area contributed by atoms with Crippen molar-refractivity contribution in [2.75, 3.05) is 0 Å². The van der Waals surface area contributed by atoms with Crippen LogP contribution >= 0.6 is 23.2 Å². The number of halogens is 3. The standard InChI is InChI=1S/C13H13Cl2FN2O3S/c1-6(9-4-12(16)11(15)5-10(9)14)18-22(19,20)13-7(2)17-21-8(13)3/h4-6,18H,1-3H3/t6-/m1/s1. The Morgan fingerprint density at radius 3 is 2.45 bits per heavy atom. The average molecular weight is 367 g/mol. The summed E-state index contributed by atoms with van der Waals surface area (Å²) in [5.74, 6) is -0.505. The second-order valence-corrected chi connectivity index (χ2v) is 7.25. The van der Waals surface area contributed by atoms with Gasteiger partial charge >= 0.3 is 0 Å². The number of nitrogens with one attached hydrogen (secondary N) is 1. The number of hydrogen-bond acceptors (Lipinski definition) is 4. The van der Waals surface area contributed by atoms with Crippen LogP contribution in [0, 0.1) is 19.7 Å². The van der Waals surface area contributed by atoms with E-state index >= 15 is 0 Å². The van der Waals surface area contributed by atoms with E-state index in [0.29, 0.717) is 0 Å². The Balaban J connectivity index is 2.37. The molecule has 0 aliphatic rings. The van der Waals surface area contributed by atoms with Crippen LogP contribution in [0.3, 0.4) is 0 Å². The predicted molar refractivity (Wildman–Crippen MR) is 81.1 cm³/mol. The first kappa shape index (κ1) is 17.2. The molecule has 0 bridgehead atoms. The van der Waals surface area contributed by atoms with Gasteiger partial charge in [-0.3, -0.25) is 0 Å². The zero-order valence-corrected chi connectivity index (χ0v) is 14.3. The molecule has 2 rings (SSSR count). The van der Waals surface area contributed by atoms with Gasteiger partial charge in [-0.25, -0.2) is 17.5 Å². The summed E-state index contributed by atoms with van der Waals surface area (Å²) in [7, 11) is -3.89. The van der Waals surface area contributed by atoms with Crippen LogP contribution < -0.4 is 4.72 Å². The molecule has 0 aliphatic carbocycles. The molecule has 2 aromatic rings. The van der Waals surface area contributed by atoms with Crippen LogP contribution in [-0.2, 0) is 10.0 Å². The van der Waals surface area contributed by atoms with Gasteiger partial charge in [-0.2, -0.15) is 0 Å². The highest BCUT2D eigenvalue weighted by atomic mass is 35.5. The molecule has 9 heteroatoms. The van der Waals surface area contributed by atoms with Gasteiger partial charge in [-0.05, 0) is 38.5 Å². The van der Waals surface area contributed by atoms with E-state index in [9.17, 15) is 12.8 Å². The Kier molecular flexibility index (Phi) is 4.81. The molecule has 1 aromatic heterocycles. The van der Waals surface area contributed by atoms with Crippen LogP contribution in [-0.4, -0.2) is 13.6 Å². The summed E-state index contributed by atoms with van der Waals surface area (Å²) in [5.41, 5.74) is 0.518. The summed E-state index contributed by atoms with van der Waals surface area (Å²) in [6.07, 6.45) is 0. The van der Waals surface area contributed by atoms with Crippen molar-refractivity contribution in [3.05, 3.63) is 45.0 Å². The molecular weight excluding hydrogens is 354 g/mol. The lowest BCUT2D eigenvalue weighted by Gasteiger charge is -2.16. The molecular formula is C13H13Cl2FN2O3S. The lowest BCUT2D eigenvalue weighted by atomic mass is 10.1. The van der Waals surface area contributed by atoms with E-state index in [2.05, 4.69) is 9.88 Å². The molecule has 0 unspecified atom stereocenters. The third-order valence-electron chi connectivity index (χ3n) is 3.07. The normalized spacial score (nSPS) is 13.4. The van der Waals surface area contributed by atoms with Gasteiger partial charge < -0.3 is 4.52 Å². The van der Waals surface area contributed by atoms with Crippen molar-refractivity contribution < 1.29 is 17.3 Å². The predicted octanol–water partition coefficient (Wildman–Crippen LogP) is 3.78. The summed E-state index contributed by atoms with van der Waals surface area (Å²) in [6.45, 7) is 4.56. The minimum atomic E-state index is -3.89. The maximum atomic E-state index is 13.6. The van der Waals surface area contributed by atoms with Crippen molar-refractivity contribution in [3.8, 4) is 0 Å². The third-order valence-corrected chi connectivity index (χ3v) is 5.48. The van der Waals surface area contributed by atoms with Crippen molar-refractivity contribution >= 4 is 33.2 Å². The maximum absolute atomic E-state index is 13.6. The highest BCUT2D eigenvalue weighted by Gasteiger charge is 2.27. The average Bonchev–Trinajstić information content (AvgIpc) is 2.73. The summed E-state index contributed by atoms with van der Waals surface area (Å²) in [5, 5.41) is 3.65. The molecule has 5 nitrogen and oxygen atoms in total. The van der Waals surface area contributed by atoms with Gasteiger partial charge in [0.05, 0.1) is 5.02 Å². The van der Waals surface area contributed by atoms with E-state index in [1.54, 1.807) is 6.92 Å². The minimum Gasteiger partial charge on any atom is -0.360 e. The van der Waals surface area contributed by atoms with E-state index in [4.69, 9.17) is 27.7 Å². The van der Waals surface area contributed by atoms with Gasteiger partial charge in [0.15, 0.2) is 5.76 Å². The first-order chi connectivity index (χ1) is 10.1. The topological polar surface area (TPSA) is 72.2 Å². The largest absolute Gasteiger partial charge is 0.360 e. The second kappa shape index (κ2) is 6.16. The first-order valence-electron chi connectivity index (χ1n) is 6.23. The fraction of sp³-hybridized carbons (Fsp3) is 0.308. The maximum Gasteiger partial charge on any atom is 0.246 e. The second-order valence-electron chi connectivity index (χ2n) is 4.78. The molecule has 1 atom stereocenters. The molecule has 0 saturated carbocycles. The van der Waals surface area contributed by atoms with Crippen LogP contribution in [0.4, 0.5) is 4.39 Å². The molecule has 0 amide bonds. The molecule has 120 valence electrons. The van der Waals surface area contributed by atoms with Crippen molar-refractivity contribution in [3.63, 3.8) is 0 Å². The van der Waals surface area contributed by atoms with Gasteiger partial charge in [0.2, 0.25) is 10.0 Å². The number of sulfonamides is 1. The van der Waals surface area contributed by atoms with Gasteiger partial charge in [0.1, 0.15) is 16.4 Å². The number of aryl methyl sites for hydroxylation is 2. The highest BCUT2D eigenvalue weighted by molar-refractivity contribution is 7.89. The fourth-order valence-corrected chi connectivity index (χ4v) is 4.18. The molecule has 1 heterocycles. The number of benzene rings is 1. The van der Waals surface area contributed by atoms with Crippen molar-refractivity contribution in [2.24, 2.45) is 0 Å². The Bertz CT molecular complexity index is 801. The van der Waals surface area contributed by atoms with E-state index < -0.39 is 21.9 Å². The minimum absolute atomic E-state index is 0.0371. The highest BCUT2D eigenvalue weighted by Crippen LogP contribution is 2.30. The summed E-state index contributed by atoms with van der Waals surface area (Å²) in [4.78, 5) is -0.0371. The number of nitrogens with zero attached hydrogens (tertiary/aromatic N) is 1. The lowest BCUT2D eigenvalue weighted by molar-refractivity contribution is 0.390. The smallest absolute Gasteiger partial charge is 0.246 e. The quantitative estimate of drug-likeness (QED) is 0.835. The molecule has 0 saturated heterocycles. The molecule has 22 heavy (non-hydrogen) atoms. The van der Waals surface area contributed by atoms with Crippen molar-refractivity contribution in [2.45, 2.75) is 31.7 Å². The van der Waals surface area contributed by atoms with Crippen molar-refractivity contribution in [1.29, 1.82) is 0 Å². The zero-order valence-electron chi connectivity index (χ0n) is 11.9. The summed E-state index contributed by atoms with van der Waals surface area (Å²) < 4.78 is 45.7. The monoisotopic (exact) mass is 366 g/mol. The van der Waals surface area contributed by atoms with Crippen LogP contribution in [0.5, 0.6) is 0 Å². The van der Waals surface area contributed by atoms with Crippen LogP contribution in [0.25, 0.3) is 0 Å². The van der Waals surface area contributed by atoms with E-state index in [1.165, 1.54) is 19.9 Å².